The molecule has 0 bridgehead atoms. The number of hydrogen-bond acceptors (Lipinski definition) is 4. The maximum atomic E-state index is 10.9. The van der Waals surface area contributed by atoms with Gasteiger partial charge in [0.15, 0.2) is 0 Å². The van der Waals surface area contributed by atoms with E-state index in [4.69, 9.17) is 0 Å². The lowest BCUT2D eigenvalue weighted by Crippen LogP contribution is -2.30. The molecule has 2 saturated heterocycles. The fourth-order valence-corrected chi connectivity index (χ4v) is 4.28. The summed E-state index contributed by atoms with van der Waals surface area (Å²) in [7, 11) is 0. The number of benzene rings is 1. The molecule has 2 fully saturated rings. The number of likely N-dealkylation sites (tertiary alicyclic amines) is 2. The van der Waals surface area contributed by atoms with Crippen LogP contribution in [0.2, 0.25) is 0 Å². The van der Waals surface area contributed by atoms with Crippen LogP contribution in [0.15, 0.2) is 6.07 Å². The highest BCUT2D eigenvalue weighted by Gasteiger charge is 2.22. The molecule has 0 atom stereocenters. The molecule has 4 nitrogen and oxygen atoms in total. The largest absolute Gasteiger partial charge is 0.507 e. The Labute approximate surface area is 152 Å². The molecule has 0 aliphatic carbocycles. The van der Waals surface area contributed by atoms with Crippen LogP contribution in [0.25, 0.3) is 0 Å². The fraction of sp³-hybridized carbons (Fsp3) is 0.714. The molecule has 3 rings (SSSR count). The van der Waals surface area contributed by atoms with Gasteiger partial charge in [0.05, 0.1) is 5.56 Å². The summed E-state index contributed by atoms with van der Waals surface area (Å²) in [5.41, 5.74) is 2.74. The molecule has 0 aromatic heterocycles. The van der Waals surface area contributed by atoms with Crippen molar-refractivity contribution < 1.29 is 10.2 Å². The van der Waals surface area contributed by atoms with Crippen molar-refractivity contribution in [3.8, 4) is 11.5 Å². The zero-order valence-electron chi connectivity index (χ0n) is 15.8. The third kappa shape index (κ3) is 4.68. The fourth-order valence-electron chi connectivity index (χ4n) is 4.28. The zero-order chi connectivity index (χ0) is 17.6. The van der Waals surface area contributed by atoms with Gasteiger partial charge in [0.2, 0.25) is 0 Å². The number of rotatable bonds is 6. The highest BCUT2D eigenvalue weighted by atomic mass is 16.3. The molecule has 1 aromatic rings. The van der Waals surface area contributed by atoms with Crippen LogP contribution in [-0.2, 0) is 19.5 Å². The Balaban J connectivity index is 1.85. The van der Waals surface area contributed by atoms with Gasteiger partial charge in [-0.25, -0.2) is 0 Å². The van der Waals surface area contributed by atoms with Crippen molar-refractivity contribution >= 4 is 0 Å². The van der Waals surface area contributed by atoms with Crippen molar-refractivity contribution in [1.82, 2.24) is 9.80 Å². The van der Waals surface area contributed by atoms with Crippen molar-refractivity contribution in [3.05, 3.63) is 22.8 Å². The summed E-state index contributed by atoms with van der Waals surface area (Å²) < 4.78 is 0. The van der Waals surface area contributed by atoms with Crippen molar-refractivity contribution in [2.24, 2.45) is 0 Å². The molecule has 2 aliphatic heterocycles. The second-order valence-corrected chi connectivity index (χ2v) is 7.79. The van der Waals surface area contributed by atoms with Gasteiger partial charge < -0.3 is 10.2 Å². The minimum atomic E-state index is 0.326. The van der Waals surface area contributed by atoms with Crippen LogP contribution in [0.5, 0.6) is 11.5 Å². The molecule has 0 spiro atoms. The van der Waals surface area contributed by atoms with E-state index in [1.807, 2.05) is 6.07 Å². The summed E-state index contributed by atoms with van der Waals surface area (Å²) in [6.07, 6.45) is 9.43. The summed E-state index contributed by atoms with van der Waals surface area (Å²) in [6.45, 7) is 7.98. The van der Waals surface area contributed by atoms with E-state index in [0.717, 1.165) is 62.3 Å². The van der Waals surface area contributed by atoms with Crippen LogP contribution in [0.4, 0.5) is 0 Å². The van der Waals surface area contributed by atoms with Crippen LogP contribution in [0.3, 0.4) is 0 Å². The Hall–Kier alpha value is -1.26. The number of hydrogen-bond donors (Lipinski definition) is 2. The van der Waals surface area contributed by atoms with Gasteiger partial charge in [-0.3, -0.25) is 9.80 Å². The third-order valence-electron chi connectivity index (χ3n) is 5.72. The lowest BCUT2D eigenvalue weighted by molar-refractivity contribution is 0.210. The minimum absolute atomic E-state index is 0.326. The molecule has 1 aromatic carbocycles. The zero-order valence-corrected chi connectivity index (χ0v) is 15.8. The van der Waals surface area contributed by atoms with E-state index < -0.39 is 0 Å². The number of piperidine rings is 2. The minimum Gasteiger partial charge on any atom is -0.507 e. The van der Waals surface area contributed by atoms with Gasteiger partial charge in [-0.2, -0.15) is 0 Å². The molecule has 0 amide bonds. The summed E-state index contributed by atoms with van der Waals surface area (Å²) >= 11 is 0. The van der Waals surface area contributed by atoms with Gasteiger partial charge in [-0.1, -0.05) is 26.2 Å². The topological polar surface area (TPSA) is 46.9 Å². The monoisotopic (exact) mass is 346 g/mol. The highest BCUT2D eigenvalue weighted by Crippen LogP contribution is 2.37. The molecule has 0 unspecified atom stereocenters. The van der Waals surface area contributed by atoms with Crippen LogP contribution in [-0.4, -0.2) is 46.2 Å². The Kier molecular flexibility index (Phi) is 6.60. The summed E-state index contributed by atoms with van der Waals surface area (Å²) in [5.74, 6) is 0.654. The number of nitrogens with zero attached hydrogens (tertiary/aromatic N) is 2. The Morgan fingerprint density at radius 2 is 1.28 bits per heavy atom. The number of phenolic OH excluding ortho intramolecular Hbond substituents is 2. The first kappa shape index (κ1) is 18.5. The van der Waals surface area contributed by atoms with Gasteiger partial charge in [-0.15, -0.1) is 0 Å². The maximum absolute atomic E-state index is 10.9. The van der Waals surface area contributed by atoms with Gasteiger partial charge in [-0.05, 0) is 69.9 Å². The second-order valence-electron chi connectivity index (χ2n) is 7.79. The molecular weight excluding hydrogens is 312 g/mol. The summed E-state index contributed by atoms with van der Waals surface area (Å²) in [6, 6.07) is 2.04. The van der Waals surface area contributed by atoms with E-state index in [-0.39, 0.29) is 0 Å². The molecule has 2 N–H and O–H groups in total. The van der Waals surface area contributed by atoms with Crippen LogP contribution in [0.1, 0.15) is 68.6 Å². The lowest BCUT2D eigenvalue weighted by atomic mass is 9.97. The number of aromatic hydroxyl groups is 2. The first-order valence-electron chi connectivity index (χ1n) is 10.2. The smallest absolute Gasteiger partial charge is 0.128 e. The second kappa shape index (κ2) is 8.91. The van der Waals surface area contributed by atoms with E-state index >= 15 is 0 Å². The summed E-state index contributed by atoms with van der Waals surface area (Å²) in [4.78, 5) is 4.81. The molecule has 2 heterocycles. The van der Waals surface area contributed by atoms with Crippen LogP contribution >= 0.6 is 0 Å². The summed E-state index contributed by atoms with van der Waals surface area (Å²) in [5, 5.41) is 21.7. The van der Waals surface area contributed by atoms with E-state index in [0.29, 0.717) is 18.0 Å². The van der Waals surface area contributed by atoms with Crippen LogP contribution < -0.4 is 0 Å². The normalized spacial score (nSPS) is 20.0. The first-order chi connectivity index (χ1) is 12.2. The molecule has 140 valence electrons. The van der Waals surface area contributed by atoms with E-state index in [1.165, 1.54) is 38.5 Å². The Morgan fingerprint density at radius 3 is 1.84 bits per heavy atom. The standard InChI is InChI=1S/C21H34N2O2/c1-2-9-17-14-18(15-22-10-5-3-6-11-22)21(25)19(20(17)24)16-23-12-7-4-8-13-23/h14,24-25H,2-13,15-16H2,1H3. The SMILES string of the molecule is CCCc1cc(CN2CCCCC2)c(O)c(CN2CCCCC2)c1O. The quantitative estimate of drug-likeness (QED) is 0.817. The van der Waals surface area contributed by atoms with E-state index in [1.54, 1.807) is 0 Å². The molecular formula is C21H34N2O2. The Morgan fingerprint density at radius 1 is 0.760 bits per heavy atom. The predicted molar refractivity (Wildman–Crippen MR) is 102 cm³/mol. The number of phenols is 2. The predicted octanol–water partition coefficient (Wildman–Crippen LogP) is 4.02. The third-order valence-corrected chi connectivity index (χ3v) is 5.72. The van der Waals surface area contributed by atoms with Gasteiger partial charge >= 0.3 is 0 Å². The van der Waals surface area contributed by atoms with Gasteiger partial charge in [0.1, 0.15) is 11.5 Å². The lowest BCUT2D eigenvalue weighted by Gasteiger charge is -2.29. The molecule has 0 saturated carbocycles. The maximum Gasteiger partial charge on any atom is 0.128 e. The Bertz CT molecular complexity index is 562. The molecule has 4 heteroatoms. The molecule has 0 radical (unpaired) electrons. The van der Waals surface area contributed by atoms with Crippen molar-refractivity contribution in [2.45, 2.75) is 71.4 Å². The van der Waals surface area contributed by atoms with Crippen molar-refractivity contribution in [1.29, 1.82) is 0 Å². The highest BCUT2D eigenvalue weighted by molar-refractivity contribution is 5.53. The van der Waals surface area contributed by atoms with E-state index in [9.17, 15) is 10.2 Å². The van der Waals surface area contributed by atoms with Crippen LogP contribution in [0, 0.1) is 0 Å². The average molecular weight is 347 g/mol. The molecule has 25 heavy (non-hydrogen) atoms. The van der Waals surface area contributed by atoms with Crippen molar-refractivity contribution in [2.75, 3.05) is 26.2 Å². The van der Waals surface area contributed by atoms with E-state index in [2.05, 4.69) is 16.7 Å². The number of aryl methyl sites for hydroxylation is 1. The van der Waals surface area contributed by atoms with Gasteiger partial charge in [0.25, 0.3) is 0 Å². The first-order valence-corrected chi connectivity index (χ1v) is 10.2. The van der Waals surface area contributed by atoms with Gasteiger partial charge in [0, 0.05) is 18.7 Å². The molecule has 2 aliphatic rings. The average Bonchev–Trinajstić information content (AvgIpc) is 2.64. The van der Waals surface area contributed by atoms with Crippen molar-refractivity contribution in [3.63, 3.8) is 0 Å².